The molecule has 160 valence electrons. The van der Waals surface area contributed by atoms with Crippen molar-refractivity contribution in [3.05, 3.63) is 66.1 Å². The van der Waals surface area contributed by atoms with Gasteiger partial charge in [0, 0.05) is 42.2 Å². The molecule has 0 bridgehead atoms. The number of benzene rings is 1. The standard InChI is InChI=1S/C24H26N4O3/c1-24(2,14-29)28-23(31)16-12-18-20(19(30)13-16)22(26-17-6-4-3-5-7-17)21(27-18)15-8-10-25-11-9-15/h3-11,16,26-27,29H,12-14H2,1-2H3,(H,28,31). The lowest BCUT2D eigenvalue weighted by molar-refractivity contribution is -0.127. The molecule has 2 aromatic heterocycles. The minimum Gasteiger partial charge on any atom is -0.394 e. The van der Waals surface area contributed by atoms with Gasteiger partial charge in [-0.3, -0.25) is 14.6 Å². The van der Waals surface area contributed by atoms with Crippen LogP contribution in [0.25, 0.3) is 11.3 Å². The zero-order valence-electron chi connectivity index (χ0n) is 17.6. The van der Waals surface area contributed by atoms with Crippen LogP contribution in [0, 0.1) is 5.92 Å². The summed E-state index contributed by atoms with van der Waals surface area (Å²) in [6, 6.07) is 13.4. The highest BCUT2D eigenvalue weighted by Gasteiger charge is 2.36. The van der Waals surface area contributed by atoms with Gasteiger partial charge in [0.2, 0.25) is 5.91 Å². The van der Waals surface area contributed by atoms with Gasteiger partial charge >= 0.3 is 0 Å². The third-order valence-corrected chi connectivity index (χ3v) is 5.48. The van der Waals surface area contributed by atoms with Gasteiger partial charge in [-0.15, -0.1) is 0 Å². The van der Waals surface area contributed by atoms with E-state index in [1.165, 1.54) is 0 Å². The van der Waals surface area contributed by atoms with Crippen LogP contribution in [0.5, 0.6) is 0 Å². The van der Waals surface area contributed by atoms with Gasteiger partial charge in [-0.1, -0.05) is 18.2 Å². The SMILES string of the molecule is CC(C)(CO)NC(=O)C1CC(=O)c2c([nH]c(-c3ccncc3)c2Nc2ccccc2)C1. The van der Waals surface area contributed by atoms with Crippen molar-refractivity contribution in [2.75, 3.05) is 11.9 Å². The Morgan fingerprint density at radius 1 is 1.16 bits per heavy atom. The molecule has 1 amide bonds. The molecule has 31 heavy (non-hydrogen) atoms. The lowest BCUT2D eigenvalue weighted by atomic mass is 9.85. The van der Waals surface area contributed by atoms with Crippen LogP contribution in [-0.4, -0.2) is 38.9 Å². The first-order valence-corrected chi connectivity index (χ1v) is 10.3. The molecule has 0 radical (unpaired) electrons. The average molecular weight is 418 g/mol. The average Bonchev–Trinajstić information content (AvgIpc) is 3.13. The van der Waals surface area contributed by atoms with Crippen LogP contribution in [-0.2, 0) is 11.2 Å². The quantitative estimate of drug-likeness (QED) is 0.490. The maximum absolute atomic E-state index is 13.2. The minimum absolute atomic E-state index is 0.0850. The molecule has 1 atom stereocenters. The van der Waals surface area contributed by atoms with Crippen LogP contribution >= 0.6 is 0 Å². The van der Waals surface area contributed by atoms with Crippen LogP contribution in [0.2, 0.25) is 0 Å². The molecule has 1 aliphatic rings. The summed E-state index contributed by atoms with van der Waals surface area (Å²) in [5, 5.41) is 15.7. The highest BCUT2D eigenvalue weighted by Crippen LogP contribution is 2.39. The molecule has 0 saturated heterocycles. The molecule has 1 aliphatic carbocycles. The zero-order chi connectivity index (χ0) is 22.0. The minimum atomic E-state index is -0.738. The second-order valence-electron chi connectivity index (χ2n) is 8.52. The van der Waals surface area contributed by atoms with E-state index in [0.717, 1.165) is 22.6 Å². The topological polar surface area (TPSA) is 107 Å². The van der Waals surface area contributed by atoms with Gasteiger partial charge in [-0.25, -0.2) is 0 Å². The number of para-hydroxylation sites is 1. The highest BCUT2D eigenvalue weighted by molar-refractivity contribution is 6.09. The molecule has 0 spiro atoms. The maximum Gasteiger partial charge on any atom is 0.224 e. The van der Waals surface area contributed by atoms with Crippen molar-refractivity contribution < 1.29 is 14.7 Å². The summed E-state index contributed by atoms with van der Waals surface area (Å²) in [6.45, 7) is 3.32. The largest absolute Gasteiger partial charge is 0.394 e. The normalized spacial score (nSPS) is 16.0. The molecule has 7 heteroatoms. The van der Waals surface area contributed by atoms with E-state index >= 15 is 0 Å². The lowest BCUT2D eigenvalue weighted by Crippen LogP contribution is -2.49. The first-order valence-electron chi connectivity index (χ1n) is 10.3. The van der Waals surface area contributed by atoms with E-state index in [1.54, 1.807) is 26.2 Å². The van der Waals surface area contributed by atoms with Crippen molar-refractivity contribution in [1.82, 2.24) is 15.3 Å². The number of aromatic amines is 1. The maximum atomic E-state index is 13.2. The Bertz CT molecular complexity index is 1090. The Morgan fingerprint density at radius 3 is 2.55 bits per heavy atom. The van der Waals surface area contributed by atoms with Crippen LogP contribution < -0.4 is 10.6 Å². The van der Waals surface area contributed by atoms with E-state index in [4.69, 9.17) is 0 Å². The summed E-state index contributed by atoms with van der Waals surface area (Å²) in [4.78, 5) is 33.4. The highest BCUT2D eigenvalue weighted by atomic mass is 16.3. The van der Waals surface area contributed by atoms with Gasteiger partial charge < -0.3 is 20.7 Å². The molecule has 4 rings (SSSR count). The fourth-order valence-corrected chi connectivity index (χ4v) is 3.84. The number of carbonyl (C=O) groups excluding carboxylic acids is 2. The fraction of sp³-hybridized carbons (Fsp3) is 0.292. The van der Waals surface area contributed by atoms with E-state index in [-0.39, 0.29) is 24.7 Å². The predicted octanol–water partition coefficient (Wildman–Crippen LogP) is 3.45. The van der Waals surface area contributed by atoms with Crippen LogP contribution in [0.1, 0.15) is 36.3 Å². The first kappa shape index (κ1) is 20.8. The second kappa shape index (κ2) is 8.35. The van der Waals surface area contributed by atoms with Crippen LogP contribution in [0.4, 0.5) is 11.4 Å². The predicted molar refractivity (Wildman–Crippen MR) is 119 cm³/mol. The van der Waals surface area contributed by atoms with E-state index in [2.05, 4.69) is 20.6 Å². The number of Topliss-reactive ketones (excluding diaryl/α,β-unsaturated/α-hetero) is 1. The van der Waals surface area contributed by atoms with Crippen molar-refractivity contribution in [2.24, 2.45) is 5.92 Å². The third kappa shape index (κ3) is 4.36. The van der Waals surface area contributed by atoms with Gasteiger partial charge in [0.15, 0.2) is 5.78 Å². The zero-order valence-corrected chi connectivity index (χ0v) is 17.6. The number of aromatic nitrogens is 2. The number of nitrogens with one attached hydrogen (secondary N) is 3. The molecule has 1 aromatic carbocycles. The van der Waals surface area contributed by atoms with Crippen molar-refractivity contribution in [3.63, 3.8) is 0 Å². The molecule has 1 unspecified atom stereocenters. The Morgan fingerprint density at radius 2 is 1.87 bits per heavy atom. The van der Waals surface area contributed by atoms with Gasteiger partial charge in [0.1, 0.15) is 0 Å². The molecular weight excluding hydrogens is 392 g/mol. The molecule has 0 saturated carbocycles. The second-order valence-corrected chi connectivity index (χ2v) is 8.52. The van der Waals surface area contributed by atoms with Gasteiger partial charge in [-0.2, -0.15) is 0 Å². The van der Waals surface area contributed by atoms with Crippen molar-refractivity contribution in [3.8, 4) is 11.3 Å². The van der Waals surface area contributed by atoms with Crippen LogP contribution in [0.15, 0.2) is 54.9 Å². The van der Waals surface area contributed by atoms with Gasteiger partial charge in [0.25, 0.3) is 0 Å². The number of fused-ring (bicyclic) bond motifs is 1. The van der Waals surface area contributed by atoms with Crippen LogP contribution in [0.3, 0.4) is 0 Å². The van der Waals surface area contributed by atoms with E-state index in [1.807, 2.05) is 42.5 Å². The summed E-state index contributed by atoms with van der Waals surface area (Å²) >= 11 is 0. The Balaban J connectivity index is 1.72. The van der Waals surface area contributed by atoms with Gasteiger partial charge in [-0.05, 0) is 38.1 Å². The molecule has 7 nitrogen and oxygen atoms in total. The summed E-state index contributed by atoms with van der Waals surface area (Å²) in [5.41, 5.74) is 3.88. The van der Waals surface area contributed by atoms with Gasteiger partial charge in [0.05, 0.1) is 35.0 Å². The molecular formula is C24H26N4O3. The summed E-state index contributed by atoms with van der Waals surface area (Å²) in [6.07, 6.45) is 3.95. The smallest absolute Gasteiger partial charge is 0.224 e. The lowest BCUT2D eigenvalue weighted by Gasteiger charge is -2.28. The number of hydrogen-bond donors (Lipinski definition) is 4. The number of nitrogens with zero attached hydrogens (tertiary/aromatic N) is 1. The number of aliphatic hydroxyl groups excluding tert-OH is 1. The number of aliphatic hydroxyl groups is 1. The number of rotatable bonds is 6. The summed E-state index contributed by atoms with van der Waals surface area (Å²) in [5.74, 6) is -0.798. The summed E-state index contributed by atoms with van der Waals surface area (Å²) < 4.78 is 0. The number of anilines is 2. The fourth-order valence-electron chi connectivity index (χ4n) is 3.84. The number of carbonyl (C=O) groups is 2. The number of amides is 1. The number of ketones is 1. The monoisotopic (exact) mass is 418 g/mol. The first-order chi connectivity index (χ1) is 14.9. The van der Waals surface area contributed by atoms with Crippen molar-refractivity contribution in [2.45, 2.75) is 32.2 Å². The Hall–Kier alpha value is -3.45. The van der Waals surface area contributed by atoms with Crippen molar-refractivity contribution >= 4 is 23.1 Å². The Kier molecular flexibility index (Phi) is 5.61. The molecule has 0 aliphatic heterocycles. The molecule has 2 heterocycles. The molecule has 4 N–H and O–H groups in total. The molecule has 3 aromatic rings. The molecule has 0 fully saturated rings. The van der Waals surface area contributed by atoms with E-state index < -0.39 is 11.5 Å². The number of hydrogen-bond acceptors (Lipinski definition) is 5. The van der Waals surface area contributed by atoms with E-state index in [9.17, 15) is 14.7 Å². The Labute approximate surface area is 180 Å². The number of H-pyrrole nitrogens is 1. The summed E-state index contributed by atoms with van der Waals surface area (Å²) in [7, 11) is 0. The van der Waals surface area contributed by atoms with Crippen molar-refractivity contribution in [1.29, 1.82) is 0 Å². The van der Waals surface area contributed by atoms with E-state index in [0.29, 0.717) is 17.7 Å². The number of pyridine rings is 1. The third-order valence-electron chi connectivity index (χ3n) is 5.48.